The Kier molecular flexibility index (Phi) is 4.63. The van der Waals surface area contributed by atoms with Gasteiger partial charge in [-0.05, 0) is 42.5 Å². The molecule has 0 unspecified atom stereocenters. The highest BCUT2D eigenvalue weighted by Gasteiger charge is 2.36. The molecule has 0 amide bonds. The molecule has 0 aliphatic heterocycles. The number of hydrogen-bond donors (Lipinski definition) is 0. The summed E-state index contributed by atoms with van der Waals surface area (Å²) in [6.07, 6.45) is -9.36. The third-order valence-corrected chi connectivity index (χ3v) is 3.80. The van der Waals surface area contributed by atoms with Crippen LogP contribution in [0.4, 0.5) is 26.3 Å². The van der Waals surface area contributed by atoms with E-state index in [1.807, 2.05) is 0 Å². The van der Waals surface area contributed by atoms with E-state index in [4.69, 9.17) is 4.74 Å². The van der Waals surface area contributed by atoms with Crippen molar-refractivity contribution in [3.63, 3.8) is 0 Å². The maximum Gasteiger partial charge on any atom is 0.435 e. The van der Waals surface area contributed by atoms with Gasteiger partial charge in [0, 0.05) is 5.56 Å². The van der Waals surface area contributed by atoms with Crippen molar-refractivity contribution in [2.45, 2.75) is 12.4 Å². The highest BCUT2D eigenvalue weighted by molar-refractivity contribution is 5.64. The second-order valence-corrected chi connectivity index (χ2v) is 5.60. The number of hydrogen-bond acceptors (Lipinski definition) is 2. The number of nitrogens with zero attached hydrogens (tertiary/aromatic N) is 2. The maximum atomic E-state index is 13.1. The zero-order valence-corrected chi connectivity index (χ0v) is 13.8. The van der Waals surface area contributed by atoms with Crippen LogP contribution in [0.5, 0.6) is 5.75 Å². The minimum Gasteiger partial charge on any atom is -0.497 e. The van der Waals surface area contributed by atoms with Crippen LogP contribution in [0.3, 0.4) is 0 Å². The van der Waals surface area contributed by atoms with Crippen LogP contribution >= 0.6 is 0 Å². The van der Waals surface area contributed by atoms with Gasteiger partial charge in [-0.2, -0.15) is 31.4 Å². The van der Waals surface area contributed by atoms with Gasteiger partial charge in [-0.15, -0.1) is 0 Å². The topological polar surface area (TPSA) is 27.1 Å². The Bertz CT molecular complexity index is 942. The molecule has 0 aliphatic carbocycles. The Balaban J connectivity index is 2.18. The largest absolute Gasteiger partial charge is 0.497 e. The van der Waals surface area contributed by atoms with E-state index >= 15 is 0 Å². The molecule has 1 heterocycles. The van der Waals surface area contributed by atoms with Crippen LogP contribution in [0.15, 0.2) is 54.6 Å². The summed E-state index contributed by atoms with van der Waals surface area (Å²) in [5.74, 6) is 0.475. The quantitative estimate of drug-likeness (QED) is 0.549. The van der Waals surface area contributed by atoms with Gasteiger partial charge < -0.3 is 4.74 Å². The summed E-state index contributed by atoms with van der Waals surface area (Å²) in [6.45, 7) is 0. The molecular formula is C18H12F6N2O. The van der Waals surface area contributed by atoms with Crippen LogP contribution in [0.2, 0.25) is 0 Å². The van der Waals surface area contributed by atoms with E-state index in [2.05, 4.69) is 5.10 Å². The van der Waals surface area contributed by atoms with Gasteiger partial charge in [0.25, 0.3) is 0 Å². The third-order valence-electron chi connectivity index (χ3n) is 3.80. The molecule has 0 fully saturated rings. The van der Waals surface area contributed by atoms with E-state index in [0.29, 0.717) is 5.75 Å². The molecule has 0 saturated carbocycles. The zero-order valence-electron chi connectivity index (χ0n) is 13.8. The predicted octanol–water partition coefficient (Wildman–Crippen LogP) is 5.59. The fraction of sp³-hybridized carbons (Fsp3) is 0.167. The van der Waals surface area contributed by atoms with Crippen LogP contribution in [0, 0.1) is 0 Å². The van der Waals surface area contributed by atoms with E-state index < -0.39 is 23.6 Å². The first kappa shape index (κ1) is 18.8. The molecule has 1 aromatic heterocycles. The number of benzene rings is 2. The average Bonchev–Trinajstić information content (AvgIpc) is 3.07. The number of alkyl halides is 6. The zero-order chi connectivity index (χ0) is 19.8. The fourth-order valence-electron chi connectivity index (χ4n) is 2.50. The Morgan fingerprint density at radius 3 is 2.07 bits per heavy atom. The Morgan fingerprint density at radius 1 is 0.852 bits per heavy atom. The van der Waals surface area contributed by atoms with Crippen molar-refractivity contribution >= 4 is 0 Å². The predicted molar refractivity (Wildman–Crippen MR) is 85.6 cm³/mol. The first-order valence-electron chi connectivity index (χ1n) is 7.59. The van der Waals surface area contributed by atoms with Crippen LogP contribution in [0.1, 0.15) is 11.3 Å². The number of ether oxygens (including phenoxy) is 1. The first-order valence-corrected chi connectivity index (χ1v) is 7.59. The lowest BCUT2D eigenvalue weighted by molar-refractivity contribution is -0.141. The standard InChI is InChI=1S/C18H12F6N2O/c1-27-14-7-5-13(6-8-14)26-15(10-16(25-26)18(22,23)24)11-3-2-4-12(9-11)17(19,20)21/h2-10H,1H3. The fourth-order valence-corrected chi connectivity index (χ4v) is 2.50. The van der Waals surface area contributed by atoms with Crippen molar-refractivity contribution in [3.05, 3.63) is 65.9 Å². The summed E-state index contributed by atoms with van der Waals surface area (Å²) in [6, 6.07) is 10.7. The molecule has 2 aromatic carbocycles. The molecule has 142 valence electrons. The monoisotopic (exact) mass is 386 g/mol. The van der Waals surface area contributed by atoms with Gasteiger partial charge in [-0.3, -0.25) is 0 Å². The Labute approximate surface area is 149 Å². The molecule has 0 spiro atoms. The van der Waals surface area contributed by atoms with Gasteiger partial charge >= 0.3 is 12.4 Å². The molecular weight excluding hydrogens is 374 g/mol. The van der Waals surface area contributed by atoms with E-state index in [1.165, 1.54) is 37.4 Å². The summed E-state index contributed by atoms with van der Waals surface area (Å²) < 4.78 is 84.2. The summed E-state index contributed by atoms with van der Waals surface area (Å²) in [7, 11) is 1.43. The number of methoxy groups -OCH3 is 1. The van der Waals surface area contributed by atoms with Gasteiger partial charge in [-0.1, -0.05) is 12.1 Å². The summed E-state index contributed by atoms with van der Waals surface area (Å²) in [4.78, 5) is 0. The van der Waals surface area contributed by atoms with Crippen molar-refractivity contribution in [2.24, 2.45) is 0 Å². The molecule has 3 rings (SSSR count). The number of rotatable bonds is 3. The summed E-state index contributed by atoms with van der Waals surface area (Å²) in [5, 5.41) is 3.55. The van der Waals surface area contributed by atoms with Crippen LogP contribution < -0.4 is 4.74 Å². The molecule has 0 atom stereocenters. The average molecular weight is 386 g/mol. The van der Waals surface area contributed by atoms with Gasteiger partial charge in [-0.25, -0.2) is 4.68 Å². The molecule has 9 heteroatoms. The van der Waals surface area contributed by atoms with Crippen molar-refractivity contribution < 1.29 is 31.1 Å². The second kappa shape index (κ2) is 6.64. The molecule has 0 N–H and O–H groups in total. The first-order chi connectivity index (χ1) is 12.6. The Morgan fingerprint density at radius 2 is 1.52 bits per heavy atom. The van der Waals surface area contributed by atoms with E-state index in [0.717, 1.165) is 28.9 Å². The molecule has 0 saturated heterocycles. The van der Waals surface area contributed by atoms with Crippen molar-refractivity contribution in [1.29, 1.82) is 0 Å². The van der Waals surface area contributed by atoms with Crippen molar-refractivity contribution in [1.82, 2.24) is 9.78 Å². The summed E-state index contributed by atoms with van der Waals surface area (Å²) >= 11 is 0. The SMILES string of the molecule is COc1ccc(-n2nc(C(F)(F)F)cc2-c2cccc(C(F)(F)F)c2)cc1. The lowest BCUT2D eigenvalue weighted by atomic mass is 10.1. The smallest absolute Gasteiger partial charge is 0.435 e. The van der Waals surface area contributed by atoms with E-state index in [9.17, 15) is 26.3 Å². The van der Waals surface area contributed by atoms with Gasteiger partial charge in [0.1, 0.15) is 5.75 Å². The lowest BCUT2D eigenvalue weighted by Gasteiger charge is -2.11. The van der Waals surface area contributed by atoms with Crippen LogP contribution in [-0.4, -0.2) is 16.9 Å². The number of halogens is 6. The Hall–Kier alpha value is -2.97. The van der Waals surface area contributed by atoms with Crippen molar-refractivity contribution in [3.8, 4) is 22.7 Å². The highest BCUT2D eigenvalue weighted by Crippen LogP contribution is 2.36. The minimum absolute atomic E-state index is 0.0383. The van der Waals surface area contributed by atoms with Crippen LogP contribution in [-0.2, 0) is 12.4 Å². The normalized spacial score (nSPS) is 12.3. The van der Waals surface area contributed by atoms with Gasteiger partial charge in [0.2, 0.25) is 0 Å². The van der Waals surface area contributed by atoms with E-state index in [-0.39, 0.29) is 16.9 Å². The van der Waals surface area contributed by atoms with Crippen molar-refractivity contribution in [2.75, 3.05) is 7.11 Å². The molecule has 0 bridgehead atoms. The third kappa shape index (κ3) is 3.91. The summed E-state index contributed by atoms with van der Waals surface area (Å²) in [5.41, 5.74) is -2.07. The highest BCUT2D eigenvalue weighted by atomic mass is 19.4. The van der Waals surface area contributed by atoms with E-state index in [1.54, 1.807) is 0 Å². The maximum absolute atomic E-state index is 13.1. The lowest BCUT2D eigenvalue weighted by Crippen LogP contribution is -2.07. The number of aromatic nitrogens is 2. The van der Waals surface area contributed by atoms with Gasteiger partial charge in [0.15, 0.2) is 5.69 Å². The molecule has 3 nitrogen and oxygen atoms in total. The minimum atomic E-state index is -4.74. The molecule has 0 radical (unpaired) electrons. The van der Waals surface area contributed by atoms with Gasteiger partial charge in [0.05, 0.1) is 24.1 Å². The van der Waals surface area contributed by atoms with Crippen LogP contribution in [0.25, 0.3) is 16.9 Å². The molecule has 3 aromatic rings. The molecule has 0 aliphatic rings. The molecule has 27 heavy (non-hydrogen) atoms. The second-order valence-electron chi connectivity index (χ2n) is 5.60.